The predicted octanol–water partition coefficient (Wildman–Crippen LogP) is 5.40. The lowest BCUT2D eigenvalue weighted by Gasteiger charge is -2.32. The van der Waals surface area contributed by atoms with Crippen molar-refractivity contribution < 1.29 is 9.59 Å². The van der Waals surface area contributed by atoms with Crippen LogP contribution in [-0.2, 0) is 29.0 Å². The fourth-order valence-electron chi connectivity index (χ4n) is 3.98. The molecule has 3 rings (SSSR count). The van der Waals surface area contributed by atoms with Crippen molar-refractivity contribution in [3.8, 4) is 0 Å². The molecular formula is C30H36N2O2. The number of carbonyl (C=O) groups excluding carboxylic acids is 2. The summed E-state index contributed by atoms with van der Waals surface area (Å²) in [5, 5.41) is 3.12. The monoisotopic (exact) mass is 456 g/mol. The second-order valence-corrected chi connectivity index (χ2v) is 9.20. The van der Waals surface area contributed by atoms with Gasteiger partial charge in [0, 0.05) is 19.0 Å². The number of nitrogens with zero attached hydrogens (tertiary/aromatic N) is 1. The number of rotatable bonds is 10. The summed E-state index contributed by atoms with van der Waals surface area (Å²) in [7, 11) is 0. The number of amides is 2. The third-order valence-electron chi connectivity index (χ3n) is 6.18. The van der Waals surface area contributed by atoms with Gasteiger partial charge < -0.3 is 10.2 Å². The van der Waals surface area contributed by atoms with Crippen LogP contribution < -0.4 is 5.32 Å². The van der Waals surface area contributed by atoms with Gasteiger partial charge >= 0.3 is 0 Å². The first-order valence-corrected chi connectivity index (χ1v) is 12.1. The Kier molecular flexibility index (Phi) is 9.03. The fraction of sp³-hybridized carbons (Fsp3) is 0.333. The van der Waals surface area contributed by atoms with Gasteiger partial charge in [-0.05, 0) is 43.9 Å². The Morgan fingerprint density at radius 3 is 2.15 bits per heavy atom. The van der Waals surface area contributed by atoms with Crippen LogP contribution in [0.4, 0.5) is 0 Å². The topological polar surface area (TPSA) is 49.4 Å². The van der Waals surface area contributed by atoms with Crippen molar-refractivity contribution in [2.24, 2.45) is 0 Å². The average molecular weight is 457 g/mol. The lowest BCUT2D eigenvalue weighted by atomic mass is 10.0. The summed E-state index contributed by atoms with van der Waals surface area (Å²) in [5.41, 5.74) is 5.29. The Balaban J connectivity index is 1.96. The number of hydrogen-bond acceptors (Lipinski definition) is 2. The molecule has 3 aromatic carbocycles. The molecule has 4 heteroatoms. The minimum Gasteiger partial charge on any atom is -0.352 e. The highest BCUT2D eigenvalue weighted by atomic mass is 16.2. The van der Waals surface area contributed by atoms with Gasteiger partial charge in [0.1, 0.15) is 6.04 Å². The molecule has 0 unspecified atom stereocenters. The van der Waals surface area contributed by atoms with Crippen LogP contribution in [0.3, 0.4) is 0 Å². The molecule has 0 saturated heterocycles. The van der Waals surface area contributed by atoms with Gasteiger partial charge in [-0.3, -0.25) is 9.59 Å². The molecule has 0 aromatic heterocycles. The van der Waals surface area contributed by atoms with Crippen LogP contribution in [0.5, 0.6) is 0 Å². The molecule has 0 heterocycles. The molecule has 0 aliphatic heterocycles. The van der Waals surface area contributed by atoms with Crippen molar-refractivity contribution in [2.75, 3.05) is 0 Å². The normalized spacial score (nSPS) is 12.6. The second kappa shape index (κ2) is 12.2. The van der Waals surface area contributed by atoms with Gasteiger partial charge in [0.2, 0.25) is 11.8 Å². The van der Waals surface area contributed by atoms with Gasteiger partial charge in [0.05, 0.1) is 6.42 Å². The van der Waals surface area contributed by atoms with E-state index in [-0.39, 0.29) is 24.3 Å². The summed E-state index contributed by atoms with van der Waals surface area (Å²) >= 11 is 0. The summed E-state index contributed by atoms with van der Waals surface area (Å²) in [6.07, 6.45) is 1.56. The standard InChI is InChI=1S/C30H36N2O2/c1-5-24(4)31-30(34)28(19-25-11-7-6-8-12-25)32(21-27-13-9-10-23(3)18-27)29(33)20-26-16-14-22(2)15-17-26/h6-18,24,28H,5,19-21H2,1-4H3,(H,31,34)/t24-,28+/m0/s1. The molecule has 0 radical (unpaired) electrons. The Bertz CT molecular complexity index is 1080. The van der Waals surface area contributed by atoms with Crippen molar-refractivity contribution in [2.45, 2.75) is 65.6 Å². The van der Waals surface area contributed by atoms with E-state index in [1.54, 1.807) is 4.90 Å². The van der Waals surface area contributed by atoms with E-state index < -0.39 is 6.04 Å². The van der Waals surface area contributed by atoms with Crippen molar-refractivity contribution in [1.29, 1.82) is 0 Å². The van der Waals surface area contributed by atoms with Crippen LogP contribution in [0.2, 0.25) is 0 Å². The van der Waals surface area contributed by atoms with Crippen molar-refractivity contribution >= 4 is 11.8 Å². The van der Waals surface area contributed by atoms with E-state index in [2.05, 4.69) is 11.4 Å². The number of benzene rings is 3. The van der Waals surface area contributed by atoms with E-state index >= 15 is 0 Å². The zero-order chi connectivity index (χ0) is 24.5. The quantitative estimate of drug-likeness (QED) is 0.444. The molecule has 3 aromatic rings. The highest BCUT2D eigenvalue weighted by Crippen LogP contribution is 2.18. The number of carbonyl (C=O) groups is 2. The third-order valence-corrected chi connectivity index (χ3v) is 6.18. The summed E-state index contributed by atoms with van der Waals surface area (Å²) < 4.78 is 0. The van der Waals surface area contributed by atoms with Crippen LogP contribution in [0, 0.1) is 13.8 Å². The van der Waals surface area contributed by atoms with Gasteiger partial charge in [-0.25, -0.2) is 0 Å². The Hall–Kier alpha value is -3.40. The molecular weight excluding hydrogens is 420 g/mol. The maximum atomic E-state index is 13.7. The molecule has 0 aliphatic rings. The number of hydrogen-bond donors (Lipinski definition) is 1. The van der Waals surface area contributed by atoms with Crippen molar-refractivity contribution in [3.63, 3.8) is 0 Å². The molecule has 0 spiro atoms. The van der Waals surface area contributed by atoms with E-state index in [9.17, 15) is 9.59 Å². The lowest BCUT2D eigenvalue weighted by molar-refractivity contribution is -0.141. The van der Waals surface area contributed by atoms with Crippen LogP contribution >= 0.6 is 0 Å². The zero-order valence-electron chi connectivity index (χ0n) is 20.8. The Labute approximate surface area is 204 Å². The minimum absolute atomic E-state index is 0.0405. The first kappa shape index (κ1) is 25.2. The molecule has 2 amide bonds. The van der Waals surface area contributed by atoms with E-state index in [4.69, 9.17) is 0 Å². The van der Waals surface area contributed by atoms with Crippen LogP contribution in [0.25, 0.3) is 0 Å². The third kappa shape index (κ3) is 7.31. The molecule has 34 heavy (non-hydrogen) atoms. The van der Waals surface area contributed by atoms with Gasteiger partial charge in [-0.2, -0.15) is 0 Å². The molecule has 0 fully saturated rings. The fourth-order valence-corrected chi connectivity index (χ4v) is 3.98. The zero-order valence-corrected chi connectivity index (χ0v) is 20.8. The van der Waals surface area contributed by atoms with Crippen molar-refractivity contribution in [1.82, 2.24) is 10.2 Å². The summed E-state index contributed by atoms with van der Waals surface area (Å²) in [4.78, 5) is 29.0. The summed E-state index contributed by atoms with van der Waals surface area (Å²) in [6, 6.07) is 25.5. The van der Waals surface area contributed by atoms with Gasteiger partial charge in [-0.1, -0.05) is 96.9 Å². The maximum absolute atomic E-state index is 13.7. The molecule has 4 nitrogen and oxygen atoms in total. The molecule has 2 atom stereocenters. The first-order valence-electron chi connectivity index (χ1n) is 12.1. The Morgan fingerprint density at radius 2 is 1.50 bits per heavy atom. The number of aryl methyl sites for hydroxylation is 2. The van der Waals surface area contributed by atoms with Crippen LogP contribution in [0.15, 0.2) is 78.9 Å². The SMILES string of the molecule is CC[C@H](C)NC(=O)[C@@H](Cc1ccccc1)N(Cc1cccc(C)c1)C(=O)Cc1ccc(C)cc1. The van der Waals surface area contributed by atoms with E-state index in [0.717, 1.165) is 34.2 Å². The largest absolute Gasteiger partial charge is 0.352 e. The van der Waals surface area contributed by atoms with E-state index in [1.165, 1.54) is 0 Å². The van der Waals surface area contributed by atoms with Gasteiger partial charge in [0.15, 0.2) is 0 Å². The summed E-state index contributed by atoms with van der Waals surface area (Å²) in [6.45, 7) is 8.50. The molecule has 178 valence electrons. The minimum atomic E-state index is -0.602. The Morgan fingerprint density at radius 1 is 0.824 bits per heavy atom. The molecule has 0 bridgehead atoms. The molecule has 0 aliphatic carbocycles. The maximum Gasteiger partial charge on any atom is 0.243 e. The van der Waals surface area contributed by atoms with Gasteiger partial charge in [0.25, 0.3) is 0 Å². The smallest absolute Gasteiger partial charge is 0.243 e. The second-order valence-electron chi connectivity index (χ2n) is 9.20. The van der Waals surface area contributed by atoms with Crippen LogP contribution in [-0.4, -0.2) is 28.8 Å². The highest BCUT2D eigenvalue weighted by molar-refractivity contribution is 5.89. The predicted molar refractivity (Wildman–Crippen MR) is 138 cm³/mol. The lowest BCUT2D eigenvalue weighted by Crippen LogP contribution is -2.52. The highest BCUT2D eigenvalue weighted by Gasteiger charge is 2.31. The molecule has 1 N–H and O–H groups in total. The van der Waals surface area contributed by atoms with Crippen molar-refractivity contribution in [3.05, 3.63) is 107 Å². The van der Waals surface area contributed by atoms with E-state index in [1.807, 2.05) is 100 Å². The van der Waals surface area contributed by atoms with Crippen LogP contribution in [0.1, 0.15) is 48.1 Å². The summed E-state index contributed by atoms with van der Waals surface area (Å²) in [5.74, 6) is -0.159. The average Bonchev–Trinajstić information content (AvgIpc) is 2.83. The molecule has 0 saturated carbocycles. The first-order chi connectivity index (χ1) is 16.4. The van der Waals surface area contributed by atoms with E-state index in [0.29, 0.717) is 13.0 Å². The number of nitrogens with one attached hydrogen (secondary N) is 1. The van der Waals surface area contributed by atoms with Gasteiger partial charge in [-0.15, -0.1) is 0 Å².